The Morgan fingerprint density at radius 1 is 0.971 bits per heavy atom. The molecule has 0 fully saturated rings. The van der Waals surface area contributed by atoms with Crippen LogP contribution in [0.2, 0.25) is 0 Å². The topological polar surface area (TPSA) is 126 Å². The normalized spacial score (nSPS) is 11.0. The molecule has 0 unspecified atom stereocenters. The molecule has 0 atom stereocenters. The van der Waals surface area contributed by atoms with E-state index in [1.54, 1.807) is 24.5 Å². The van der Waals surface area contributed by atoms with E-state index in [4.69, 9.17) is 4.42 Å². The molecule has 168 valence electrons. The van der Waals surface area contributed by atoms with Gasteiger partial charge in [-0.15, -0.1) is 20.4 Å². The molecule has 2 aromatic carbocycles. The van der Waals surface area contributed by atoms with Crippen LogP contribution in [0.3, 0.4) is 0 Å². The summed E-state index contributed by atoms with van der Waals surface area (Å²) in [5.74, 6) is 1.75. The van der Waals surface area contributed by atoms with Crippen LogP contribution in [-0.2, 0) is 5.75 Å². The van der Waals surface area contributed by atoms with Crippen LogP contribution < -0.4 is 0 Å². The first-order chi connectivity index (χ1) is 16.6. The van der Waals surface area contributed by atoms with Crippen molar-refractivity contribution >= 4 is 17.4 Å². The number of benzene rings is 2. The Labute approximate surface area is 197 Å². The number of aryl methyl sites for hydroxylation is 1. The van der Waals surface area contributed by atoms with Crippen molar-refractivity contribution in [2.45, 2.75) is 17.8 Å². The lowest BCUT2D eigenvalue weighted by Gasteiger charge is -2.12. The maximum absolute atomic E-state index is 10.9. The fourth-order valence-corrected chi connectivity index (χ4v) is 4.14. The second kappa shape index (κ2) is 9.24. The van der Waals surface area contributed by atoms with Crippen LogP contribution in [0, 0.1) is 17.0 Å². The van der Waals surface area contributed by atoms with E-state index in [9.17, 15) is 10.1 Å². The van der Waals surface area contributed by atoms with Crippen molar-refractivity contribution in [2.75, 3.05) is 0 Å². The number of non-ortho nitro benzene ring substituents is 1. The minimum Gasteiger partial charge on any atom is -0.420 e. The van der Waals surface area contributed by atoms with Gasteiger partial charge in [0.15, 0.2) is 11.0 Å². The summed E-state index contributed by atoms with van der Waals surface area (Å²) in [6, 6.07) is 17.8. The van der Waals surface area contributed by atoms with Gasteiger partial charge in [-0.25, -0.2) is 0 Å². The Balaban J connectivity index is 1.42. The second-order valence-corrected chi connectivity index (χ2v) is 8.21. The van der Waals surface area contributed by atoms with E-state index in [2.05, 4.69) is 25.4 Å². The fourth-order valence-electron chi connectivity index (χ4n) is 3.36. The van der Waals surface area contributed by atoms with Gasteiger partial charge in [0.25, 0.3) is 5.69 Å². The quantitative estimate of drug-likeness (QED) is 0.185. The van der Waals surface area contributed by atoms with Gasteiger partial charge >= 0.3 is 0 Å². The van der Waals surface area contributed by atoms with Crippen molar-refractivity contribution in [3.63, 3.8) is 0 Å². The minimum atomic E-state index is -0.454. The molecule has 0 saturated carbocycles. The maximum Gasteiger partial charge on any atom is 0.269 e. The molecule has 10 nitrogen and oxygen atoms in total. The SMILES string of the molecule is Cc1ccccc1-n1c(SCc2nnc(-c3ccc([N+](=O)[O-])cc3)o2)nnc1-c1cccnc1. The summed E-state index contributed by atoms with van der Waals surface area (Å²) in [6.45, 7) is 2.03. The molecule has 0 aliphatic carbocycles. The number of nitrogens with zero attached hydrogens (tertiary/aromatic N) is 7. The van der Waals surface area contributed by atoms with Crippen LogP contribution in [0.1, 0.15) is 11.5 Å². The Bertz CT molecular complexity index is 1450. The molecule has 0 saturated heterocycles. The molecule has 0 aliphatic heterocycles. The smallest absolute Gasteiger partial charge is 0.269 e. The van der Waals surface area contributed by atoms with Gasteiger partial charge in [0.1, 0.15) is 0 Å². The highest BCUT2D eigenvalue weighted by atomic mass is 32.2. The van der Waals surface area contributed by atoms with E-state index in [1.807, 2.05) is 47.9 Å². The van der Waals surface area contributed by atoms with Gasteiger partial charge in [-0.2, -0.15) is 0 Å². The number of para-hydroxylation sites is 1. The molecule has 11 heteroatoms. The second-order valence-electron chi connectivity index (χ2n) is 7.26. The molecule has 5 rings (SSSR count). The molecule has 0 bridgehead atoms. The number of aromatic nitrogens is 6. The van der Waals surface area contributed by atoms with Gasteiger partial charge in [0.2, 0.25) is 11.8 Å². The third-order valence-electron chi connectivity index (χ3n) is 5.03. The molecule has 0 aliphatic rings. The van der Waals surface area contributed by atoms with Crippen LogP contribution in [0.4, 0.5) is 5.69 Å². The number of hydrogen-bond acceptors (Lipinski definition) is 9. The molecule has 0 spiro atoms. The van der Waals surface area contributed by atoms with Crippen molar-refractivity contribution in [2.24, 2.45) is 0 Å². The average molecular weight is 472 g/mol. The molecule has 0 amide bonds. The van der Waals surface area contributed by atoms with Gasteiger partial charge in [-0.05, 0) is 42.8 Å². The highest BCUT2D eigenvalue weighted by Gasteiger charge is 2.19. The maximum atomic E-state index is 10.9. The van der Waals surface area contributed by atoms with Crippen molar-refractivity contribution < 1.29 is 9.34 Å². The summed E-state index contributed by atoms with van der Waals surface area (Å²) >= 11 is 1.42. The number of nitro groups is 1. The van der Waals surface area contributed by atoms with E-state index in [1.165, 1.54) is 23.9 Å². The van der Waals surface area contributed by atoms with E-state index in [0.717, 1.165) is 16.8 Å². The van der Waals surface area contributed by atoms with Crippen LogP contribution in [0.25, 0.3) is 28.5 Å². The van der Waals surface area contributed by atoms with Crippen molar-refractivity contribution in [3.8, 4) is 28.5 Å². The zero-order valence-electron chi connectivity index (χ0n) is 17.9. The monoisotopic (exact) mass is 471 g/mol. The molecule has 3 heterocycles. The lowest BCUT2D eigenvalue weighted by Crippen LogP contribution is -2.02. The Kier molecular flexibility index (Phi) is 5.83. The van der Waals surface area contributed by atoms with Crippen molar-refractivity contribution in [1.29, 1.82) is 0 Å². The standard InChI is InChI=1S/C23H17N7O3S/c1-15-5-2-3-7-19(15)29-21(17-6-4-12-24-13-17)26-28-23(29)34-14-20-25-27-22(33-20)16-8-10-18(11-9-16)30(31)32/h2-13H,14H2,1H3. The summed E-state index contributed by atoms with van der Waals surface area (Å²) in [4.78, 5) is 14.6. The van der Waals surface area contributed by atoms with Crippen molar-refractivity contribution in [1.82, 2.24) is 29.9 Å². The largest absolute Gasteiger partial charge is 0.420 e. The third kappa shape index (κ3) is 4.28. The van der Waals surface area contributed by atoms with Gasteiger partial charge in [-0.3, -0.25) is 19.7 Å². The molecular weight excluding hydrogens is 454 g/mol. The molecule has 3 aromatic heterocycles. The summed E-state index contributed by atoms with van der Waals surface area (Å²) in [7, 11) is 0. The Hall–Kier alpha value is -4.38. The predicted molar refractivity (Wildman–Crippen MR) is 125 cm³/mol. The van der Waals surface area contributed by atoms with Gasteiger partial charge in [0.05, 0.1) is 16.4 Å². The van der Waals surface area contributed by atoms with Gasteiger partial charge < -0.3 is 4.42 Å². The van der Waals surface area contributed by atoms with Gasteiger partial charge in [-0.1, -0.05) is 30.0 Å². The lowest BCUT2D eigenvalue weighted by atomic mass is 10.2. The first-order valence-corrected chi connectivity index (χ1v) is 11.2. The van der Waals surface area contributed by atoms with E-state index < -0.39 is 4.92 Å². The first kappa shape index (κ1) is 21.5. The van der Waals surface area contributed by atoms with E-state index >= 15 is 0 Å². The zero-order chi connectivity index (χ0) is 23.5. The fraction of sp³-hybridized carbons (Fsp3) is 0.0870. The van der Waals surface area contributed by atoms with Gasteiger partial charge in [0, 0.05) is 35.7 Å². The number of rotatable bonds is 7. The number of nitro benzene ring substituents is 1. The predicted octanol–water partition coefficient (Wildman–Crippen LogP) is 4.89. The van der Waals surface area contributed by atoms with Crippen molar-refractivity contribution in [3.05, 3.63) is 94.6 Å². The summed E-state index contributed by atoms with van der Waals surface area (Å²) < 4.78 is 7.76. The number of thioether (sulfide) groups is 1. The number of pyridine rings is 1. The number of hydrogen-bond donors (Lipinski definition) is 0. The molecule has 0 N–H and O–H groups in total. The summed E-state index contributed by atoms with van der Waals surface area (Å²) in [5.41, 5.74) is 3.50. The molecule has 34 heavy (non-hydrogen) atoms. The highest BCUT2D eigenvalue weighted by molar-refractivity contribution is 7.98. The van der Waals surface area contributed by atoms with Crippen LogP contribution >= 0.6 is 11.8 Å². The molecular formula is C23H17N7O3S. The van der Waals surface area contributed by atoms with E-state index in [-0.39, 0.29) is 5.69 Å². The summed E-state index contributed by atoms with van der Waals surface area (Å²) in [5, 5.41) is 28.5. The van der Waals surface area contributed by atoms with Crippen LogP contribution in [0.5, 0.6) is 0 Å². The minimum absolute atomic E-state index is 0.000920. The summed E-state index contributed by atoms with van der Waals surface area (Å²) in [6.07, 6.45) is 3.47. The molecule has 5 aromatic rings. The first-order valence-electron chi connectivity index (χ1n) is 10.2. The highest BCUT2D eigenvalue weighted by Crippen LogP contribution is 2.31. The van der Waals surface area contributed by atoms with Crippen LogP contribution in [0.15, 0.2) is 82.6 Å². The third-order valence-corrected chi connectivity index (χ3v) is 5.94. The Morgan fingerprint density at radius 3 is 2.53 bits per heavy atom. The zero-order valence-corrected chi connectivity index (χ0v) is 18.7. The average Bonchev–Trinajstić information content (AvgIpc) is 3.51. The van der Waals surface area contributed by atoms with E-state index in [0.29, 0.717) is 34.1 Å². The molecule has 0 radical (unpaired) electrons. The lowest BCUT2D eigenvalue weighted by molar-refractivity contribution is -0.384. The van der Waals surface area contributed by atoms with Crippen LogP contribution in [-0.4, -0.2) is 34.9 Å². The Morgan fingerprint density at radius 2 is 1.79 bits per heavy atom.